The van der Waals surface area contributed by atoms with Crippen LogP contribution in [0.2, 0.25) is 0 Å². The van der Waals surface area contributed by atoms with Gasteiger partial charge in [0.15, 0.2) is 0 Å². The number of hydrogen-bond acceptors (Lipinski definition) is 7. The quantitative estimate of drug-likeness (QED) is 0.626. The smallest absolute Gasteiger partial charge is 0.236 e. The van der Waals surface area contributed by atoms with Crippen molar-refractivity contribution in [3.8, 4) is 0 Å². The van der Waals surface area contributed by atoms with Crippen LogP contribution in [0.4, 0.5) is 0 Å². The van der Waals surface area contributed by atoms with Gasteiger partial charge in [0.05, 0.1) is 11.8 Å². The summed E-state index contributed by atoms with van der Waals surface area (Å²) >= 11 is 4.88. The van der Waals surface area contributed by atoms with E-state index in [4.69, 9.17) is 0 Å². The number of hydrogen-bond donors (Lipinski definition) is 0. The number of carbonyl (C=O) groups excluding carboxylic acids is 1. The lowest BCUT2D eigenvalue weighted by Crippen LogP contribution is -2.39. The molecule has 0 aromatic carbocycles. The fraction of sp³-hybridized carbons (Fsp3) is 0.375. The van der Waals surface area contributed by atoms with Crippen LogP contribution in [0.25, 0.3) is 0 Å². The van der Waals surface area contributed by atoms with Gasteiger partial charge in [0.25, 0.3) is 0 Å². The number of tetrazole rings is 1. The molecule has 1 atom stereocenters. The lowest BCUT2D eigenvalue weighted by molar-refractivity contribution is -0.131. The molecule has 0 fully saturated rings. The summed E-state index contributed by atoms with van der Waals surface area (Å²) in [6.45, 7) is 4.07. The minimum Gasteiger partial charge on any atom is -0.337 e. The Labute approximate surface area is 157 Å². The van der Waals surface area contributed by atoms with Gasteiger partial charge >= 0.3 is 0 Å². The van der Waals surface area contributed by atoms with E-state index in [0.717, 1.165) is 13.0 Å². The van der Waals surface area contributed by atoms with Gasteiger partial charge in [-0.15, -0.1) is 27.8 Å². The Morgan fingerprint density at radius 1 is 1.36 bits per heavy atom. The molecule has 3 aromatic rings. The van der Waals surface area contributed by atoms with Crippen molar-refractivity contribution in [1.29, 1.82) is 0 Å². The van der Waals surface area contributed by atoms with Crippen molar-refractivity contribution in [3.05, 3.63) is 44.3 Å². The van der Waals surface area contributed by atoms with Crippen LogP contribution in [-0.2, 0) is 24.3 Å². The molecule has 1 amide bonds. The predicted octanol–water partition coefficient (Wildman–Crippen LogP) is 2.91. The largest absolute Gasteiger partial charge is 0.337 e. The number of nitrogens with zero attached hydrogens (tertiary/aromatic N) is 5. The van der Waals surface area contributed by atoms with Gasteiger partial charge in [-0.25, -0.2) is 4.68 Å². The molecule has 0 bridgehead atoms. The molecule has 1 aliphatic heterocycles. The molecule has 0 aliphatic carbocycles. The number of aromatic nitrogens is 4. The van der Waals surface area contributed by atoms with E-state index in [2.05, 4.69) is 33.0 Å². The average molecular weight is 392 g/mol. The lowest BCUT2D eigenvalue weighted by atomic mass is 10.1. The molecule has 25 heavy (non-hydrogen) atoms. The van der Waals surface area contributed by atoms with Crippen LogP contribution in [0.15, 0.2) is 34.1 Å². The molecule has 0 N–H and O–H groups in total. The Kier molecular flexibility index (Phi) is 4.87. The summed E-state index contributed by atoms with van der Waals surface area (Å²) < 4.78 is 1.76. The summed E-state index contributed by atoms with van der Waals surface area (Å²) in [7, 11) is 0. The number of thiophene rings is 2. The second kappa shape index (κ2) is 7.27. The van der Waals surface area contributed by atoms with Crippen LogP contribution in [0.1, 0.15) is 22.2 Å². The highest BCUT2D eigenvalue weighted by molar-refractivity contribution is 8.00. The van der Waals surface area contributed by atoms with Crippen molar-refractivity contribution in [2.75, 3.05) is 6.54 Å². The molecule has 4 rings (SSSR count). The highest BCUT2D eigenvalue weighted by Crippen LogP contribution is 2.28. The lowest BCUT2D eigenvalue weighted by Gasteiger charge is -2.29. The summed E-state index contributed by atoms with van der Waals surface area (Å²) in [6, 6.07) is 6.19. The Hall–Kier alpha value is -1.71. The highest BCUT2D eigenvalue weighted by Gasteiger charge is 2.27. The Morgan fingerprint density at radius 3 is 3.12 bits per heavy atom. The van der Waals surface area contributed by atoms with E-state index in [1.54, 1.807) is 27.4 Å². The first-order valence-corrected chi connectivity index (χ1v) is 10.6. The van der Waals surface area contributed by atoms with Crippen LogP contribution in [0.5, 0.6) is 0 Å². The van der Waals surface area contributed by atoms with Gasteiger partial charge < -0.3 is 4.90 Å². The molecule has 130 valence electrons. The van der Waals surface area contributed by atoms with Crippen LogP contribution in [0, 0.1) is 0 Å². The molecule has 0 spiro atoms. The number of rotatable bonds is 5. The summed E-state index contributed by atoms with van der Waals surface area (Å²) in [5, 5.41) is 16.5. The maximum absolute atomic E-state index is 12.8. The summed E-state index contributed by atoms with van der Waals surface area (Å²) in [4.78, 5) is 17.4. The molecule has 6 nitrogen and oxygen atoms in total. The summed E-state index contributed by atoms with van der Waals surface area (Å²) in [5.41, 5.74) is 1.28. The van der Waals surface area contributed by atoms with Gasteiger partial charge in [0, 0.05) is 22.8 Å². The fourth-order valence-electron chi connectivity index (χ4n) is 2.83. The topological polar surface area (TPSA) is 63.9 Å². The third-order valence-electron chi connectivity index (χ3n) is 4.13. The van der Waals surface area contributed by atoms with E-state index >= 15 is 0 Å². The molecule has 0 radical (unpaired) electrons. The minimum absolute atomic E-state index is 0.146. The van der Waals surface area contributed by atoms with Crippen molar-refractivity contribution in [1.82, 2.24) is 25.1 Å². The maximum Gasteiger partial charge on any atom is 0.236 e. The molecule has 1 aliphatic rings. The van der Waals surface area contributed by atoms with Crippen molar-refractivity contribution >= 4 is 40.3 Å². The van der Waals surface area contributed by atoms with Crippen LogP contribution < -0.4 is 0 Å². The van der Waals surface area contributed by atoms with Crippen LogP contribution >= 0.6 is 34.4 Å². The third-order valence-corrected chi connectivity index (χ3v) is 7.08. The number of fused-ring (bicyclic) bond motifs is 1. The predicted molar refractivity (Wildman–Crippen MR) is 100.0 cm³/mol. The van der Waals surface area contributed by atoms with E-state index in [0.29, 0.717) is 18.2 Å². The summed E-state index contributed by atoms with van der Waals surface area (Å²) in [5.74, 6) is 0.146. The molecular formula is C16H17N5OS3. The fourth-order valence-corrected chi connectivity index (χ4v) is 5.28. The molecule has 4 heterocycles. The van der Waals surface area contributed by atoms with Crippen LogP contribution in [-0.4, -0.2) is 42.8 Å². The molecule has 9 heteroatoms. The van der Waals surface area contributed by atoms with Gasteiger partial charge in [-0.1, -0.05) is 17.8 Å². The van der Waals surface area contributed by atoms with E-state index < -0.39 is 0 Å². The molecule has 0 saturated heterocycles. The number of amides is 1. The monoisotopic (exact) mass is 391 g/mol. The molecule has 0 saturated carbocycles. The van der Waals surface area contributed by atoms with Gasteiger partial charge in [0.2, 0.25) is 11.1 Å². The minimum atomic E-state index is -0.215. The second-order valence-electron chi connectivity index (χ2n) is 5.84. The Balaban J connectivity index is 1.41. The maximum atomic E-state index is 12.8. The van der Waals surface area contributed by atoms with Crippen molar-refractivity contribution in [3.63, 3.8) is 0 Å². The zero-order valence-corrected chi connectivity index (χ0v) is 16.1. The Morgan fingerprint density at radius 2 is 2.28 bits per heavy atom. The van der Waals surface area contributed by atoms with Gasteiger partial charge in [-0.3, -0.25) is 4.79 Å². The number of thioether (sulfide) groups is 1. The first kappa shape index (κ1) is 16.7. The van der Waals surface area contributed by atoms with Crippen molar-refractivity contribution < 1.29 is 4.79 Å². The van der Waals surface area contributed by atoms with Gasteiger partial charge in [-0.05, 0) is 52.2 Å². The first-order chi connectivity index (χ1) is 12.2. The normalized spacial score (nSPS) is 15.2. The van der Waals surface area contributed by atoms with E-state index in [-0.39, 0.29) is 11.2 Å². The zero-order chi connectivity index (χ0) is 17.2. The third kappa shape index (κ3) is 3.63. The zero-order valence-electron chi connectivity index (χ0n) is 13.7. The standard InChI is InChI=1S/C16H17N5OS3/c1-11(15(22)20-6-4-14-12(9-20)5-8-24-14)25-16-17-18-19-21(16)10-13-3-2-7-23-13/h2-3,5,7-8,11H,4,6,9-10H2,1H3. The molecular weight excluding hydrogens is 374 g/mol. The van der Waals surface area contributed by atoms with Crippen molar-refractivity contribution in [2.45, 2.75) is 36.8 Å². The van der Waals surface area contributed by atoms with Gasteiger partial charge in [-0.2, -0.15) is 0 Å². The average Bonchev–Trinajstić information content (AvgIpc) is 3.36. The summed E-state index contributed by atoms with van der Waals surface area (Å²) in [6.07, 6.45) is 0.951. The Bertz CT molecular complexity index is 857. The van der Waals surface area contributed by atoms with E-state index in [9.17, 15) is 4.79 Å². The SMILES string of the molecule is CC(Sc1nnnn1Cc1cccs1)C(=O)N1CCc2sccc2C1. The van der Waals surface area contributed by atoms with Crippen molar-refractivity contribution in [2.24, 2.45) is 0 Å². The molecule has 1 unspecified atom stereocenters. The molecule has 3 aromatic heterocycles. The highest BCUT2D eigenvalue weighted by atomic mass is 32.2. The van der Waals surface area contributed by atoms with E-state index in [1.165, 1.54) is 27.1 Å². The van der Waals surface area contributed by atoms with Crippen LogP contribution in [0.3, 0.4) is 0 Å². The van der Waals surface area contributed by atoms with E-state index in [1.807, 2.05) is 23.3 Å². The first-order valence-electron chi connectivity index (χ1n) is 8.00. The number of carbonyl (C=O) groups is 1. The van der Waals surface area contributed by atoms with Gasteiger partial charge in [0.1, 0.15) is 0 Å². The second-order valence-corrected chi connectivity index (χ2v) is 9.18.